The van der Waals surface area contributed by atoms with E-state index >= 15 is 0 Å². The molecule has 0 unspecified atom stereocenters. The maximum Gasteiger partial charge on any atom is 0.242 e. The quantitative estimate of drug-likeness (QED) is 0.462. The Morgan fingerprint density at radius 3 is 2.45 bits per heavy atom. The van der Waals surface area contributed by atoms with Crippen molar-refractivity contribution < 1.29 is 9.59 Å². The van der Waals surface area contributed by atoms with Crippen LogP contribution in [0.1, 0.15) is 43.9 Å². The first-order valence-corrected chi connectivity index (χ1v) is 12.3. The Hall–Kier alpha value is -1.69. The van der Waals surface area contributed by atoms with Gasteiger partial charge >= 0.3 is 0 Å². The zero-order valence-corrected chi connectivity index (χ0v) is 20.8. The summed E-state index contributed by atoms with van der Waals surface area (Å²) in [6.07, 6.45) is 0.837. The van der Waals surface area contributed by atoms with Crippen LogP contribution in [-0.4, -0.2) is 34.6 Å². The lowest BCUT2D eigenvalue weighted by molar-refractivity contribution is -0.138. The van der Waals surface area contributed by atoms with Crippen LogP contribution < -0.4 is 5.32 Å². The minimum atomic E-state index is -0.562. The standard InChI is InChI=1S/C24H30Cl2N2O2S/c1-5-17(3)27-24(30)18(4)28(13-19-8-6-7-16(2)11-19)23(29)15-31-14-20-9-10-21(25)22(26)12-20/h6-12,17-18H,5,13-15H2,1-4H3,(H,27,30)/t17-,18-/m1/s1. The molecule has 2 amide bonds. The molecule has 4 nitrogen and oxygen atoms in total. The molecule has 2 rings (SSSR count). The molecule has 0 aromatic heterocycles. The molecule has 2 aromatic carbocycles. The van der Waals surface area contributed by atoms with Crippen molar-refractivity contribution in [2.45, 2.75) is 58.5 Å². The summed E-state index contributed by atoms with van der Waals surface area (Å²) in [6.45, 7) is 8.18. The van der Waals surface area contributed by atoms with Crippen LogP contribution in [0.4, 0.5) is 0 Å². The molecule has 0 aliphatic rings. The Labute approximate surface area is 199 Å². The van der Waals surface area contributed by atoms with Gasteiger partial charge in [-0.25, -0.2) is 0 Å². The van der Waals surface area contributed by atoms with Gasteiger partial charge in [-0.1, -0.05) is 66.0 Å². The second-order valence-corrected chi connectivity index (χ2v) is 9.55. The van der Waals surface area contributed by atoms with Gasteiger partial charge in [0.05, 0.1) is 15.8 Å². The summed E-state index contributed by atoms with van der Waals surface area (Å²) in [5, 5.41) is 4.00. The van der Waals surface area contributed by atoms with E-state index in [0.717, 1.165) is 23.1 Å². The van der Waals surface area contributed by atoms with Crippen LogP contribution in [0.25, 0.3) is 0 Å². The minimum Gasteiger partial charge on any atom is -0.352 e. The topological polar surface area (TPSA) is 49.4 Å². The molecule has 0 aliphatic heterocycles. The summed E-state index contributed by atoms with van der Waals surface area (Å²) in [6, 6.07) is 13.0. The number of benzene rings is 2. The van der Waals surface area contributed by atoms with E-state index in [4.69, 9.17) is 23.2 Å². The lowest BCUT2D eigenvalue weighted by Crippen LogP contribution is -2.50. The molecule has 2 atom stereocenters. The number of nitrogens with one attached hydrogen (secondary N) is 1. The number of carbonyl (C=O) groups is 2. The first kappa shape index (κ1) is 25.6. The van der Waals surface area contributed by atoms with Gasteiger partial charge < -0.3 is 10.2 Å². The van der Waals surface area contributed by atoms with Gasteiger partial charge in [0.1, 0.15) is 6.04 Å². The molecular formula is C24H30Cl2N2O2S. The Bertz CT molecular complexity index is 907. The number of halogens is 2. The largest absolute Gasteiger partial charge is 0.352 e. The maximum atomic E-state index is 13.1. The molecular weight excluding hydrogens is 451 g/mol. The SMILES string of the molecule is CC[C@@H](C)NC(=O)[C@@H](C)N(Cc1cccc(C)c1)C(=O)CSCc1ccc(Cl)c(Cl)c1. The predicted octanol–water partition coefficient (Wildman–Crippen LogP) is 5.87. The van der Waals surface area contributed by atoms with Gasteiger partial charge in [0.15, 0.2) is 0 Å². The highest BCUT2D eigenvalue weighted by molar-refractivity contribution is 7.99. The van der Waals surface area contributed by atoms with Crippen LogP contribution in [0.3, 0.4) is 0 Å². The smallest absolute Gasteiger partial charge is 0.242 e. The normalized spacial score (nSPS) is 12.8. The van der Waals surface area contributed by atoms with E-state index in [0.29, 0.717) is 22.3 Å². The third kappa shape index (κ3) is 8.06. The van der Waals surface area contributed by atoms with Crippen LogP contribution in [0.15, 0.2) is 42.5 Å². The van der Waals surface area contributed by atoms with Crippen molar-refractivity contribution in [2.24, 2.45) is 0 Å². The van der Waals surface area contributed by atoms with E-state index in [1.165, 1.54) is 11.8 Å². The highest BCUT2D eigenvalue weighted by Crippen LogP contribution is 2.25. The fourth-order valence-corrected chi connectivity index (χ4v) is 4.20. The Balaban J connectivity index is 2.08. The zero-order chi connectivity index (χ0) is 23.0. The number of amides is 2. The van der Waals surface area contributed by atoms with Gasteiger partial charge in [-0.2, -0.15) is 0 Å². The molecule has 0 fully saturated rings. The molecule has 0 saturated heterocycles. The lowest BCUT2D eigenvalue weighted by Gasteiger charge is -2.29. The molecule has 0 spiro atoms. The van der Waals surface area contributed by atoms with Crippen molar-refractivity contribution in [3.8, 4) is 0 Å². The van der Waals surface area contributed by atoms with Gasteiger partial charge in [-0.15, -0.1) is 11.8 Å². The molecule has 0 radical (unpaired) electrons. The monoisotopic (exact) mass is 480 g/mol. The van der Waals surface area contributed by atoms with E-state index in [1.807, 2.05) is 57.2 Å². The minimum absolute atomic E-state index is 0.0647. The van der Waals surface area contributed by atoms with E-state index in [1.54, 1.807) is 17.9 Å². The summed E-state index contributed by atoms with van der Waals surface area (Å²) in [4.78, 5) is 27.5. The number of hydrogen-bond donors (Lipinski definition) is 1. The Morgan fingerprint density at radius 1 is 1.06 bits per heavy atom. The van der Waals surface area contributed by atoms with Gasteiger partial charge in [-0.05, 0) is 50.5 Å². The summed E-state index contributed by atoms with van der Waals surface area (Å²) >= 11 is 13.5. The van der Waals surface area contributed by atoms with E-state index in [9.17, 15) is 9.59 Å². The molecule has 0 aliphatic carbocycles. The molecule has 0 saturated carbocycles. The molecule has 168 valence electrons. The molecule has 0 heterocycles. The van der Waals surface area contributed by atoms with Crippen LogP contribution >= 0.6 is 35.0 Å². The van der Waals surface area contributed by atoms with E-state index in [2.05, 4.69) is 5.32 Å². The third-order valence-electron chi connectivity index (χ3n) is 5.08. The second-order valence-electron chi connectivity index (χ2n) is 7.75. The third-order valence-corrected chi connectivity index (χ3v) is 6.81. The van der Waals surface area contributed by atoms with E-state index < -0.39 is 6.04 Å². The summed E-state index contributed by atoms with van der Waals surface area (Å²) in [5.41, 5.74) is 3.13. The fraction of sp³-hybridized carbons (Fsp3) is 0.417. The van der Waals surface area contributed by atoms with Crippen molar-refractivity contribution >= 4 is 46.8 Å². The number of carbonyl (C=O) groups excluding carboxylic acids is 2. The highest BCUT2D eigenvalue weighted by atomic mass is 35.5. The zero-order valence-electron chi connectivity index (χ0n) is 18.5. The molecule has 7 heteroatoms. The predicted molar refractivity (Wildman–Crippen MR) is 132 cm³/mol. The lowest BCUT2D eigenvalue weighted by atomic mass is 10.1. The number of thioether (sulfide) groups is 1. The average molecular weight is 481 g/mol. The van der Waals surface area contributed by atoms with Gasteiger partial charge in [-0.3, -0.25) is 9.59 Å². The number of hydrogen-bond acceptors (Lipinski definition) is 3. The van der Waals surface area contributed by atoms with Crippen LogP contribution in [0.5, 0.6) is 0 Å². The summed E-state index contributed by atoms with van der Waals surface area (Å²) in [7, 11) is 0. The van der Waals surface area contributed by atoms with Crippen LogP contribution in [0, 0.1) is 6.92 Å². The first-order valence-electron chi connectivity index (χ1n) is 10.4. The molecule has 31 heavy (non-hydrogen) atoms. The average Bonchev–Trinajstić information content (AvgIpc) is 2.73. The van der Waals surface area contributed by atoms with Gasteiger partial charge in [0.2, 0.25) is 11.8 Å². The fourth-order valence-electron chi connectivity index (χ4n) is 3.02. The van der Waals surface area contributed by atoms with Crippen molar-refractivity contribution in [2.75, 3.05) is 5.75 Å². The summed E-state index contributed by atoms with van der Waals surface area (Å²) in [5.74, 6) is 0.699. The maximum absolute atomic E-state index is 13.1. The van der Waals surface area contributed by atoms with Crippen LogP contribution in [-0.2, 0) is 21.9 Å². The Morgan fingerprint density at radius 2 is 1.81 bits per heavy atom. The summed E-state index contributed by atoms with van der Waals surface area (Å²) < 4.78 is 0. The first-order chi connectivity index (χ1) is 14.7. The van der Waals surface area contributed by atoms with Crippen molar-refractivity contribution in [3.05, 3.63) is 69.2 Å². The molecule has 1 N–H and O–H groups in total. The Kier molecular flexibility index (Phi) is 10.2. The van der Waals surface area contributed by atoms with Crippen molar-refractivity contribution in [1.29, 1.82) is 0 Å². The second kappa shape index (κ2) is 12.4. The van der Waals surface area contributed by atoms with Crippen molar-refractivity contribution in [1.82, 2.24) is 10.2 Å². The van der Waals surface area contributed by atoms with Gasteiger partial charge in [0.25, 0.3) is 0 Å². The molecule has 2 aromatic rings. The van der Waals surface area contributed by atoms with Gasteiger partial charge in [0, 0.05) is 18.3 Å². The van der Waals surface area contributed by atoms with Crippen LogP contribution in [0.2, 0.25) is 10.0 Å². The number of aryl methyl sites for hydroxylation is 1. The van der Waals surface area contributed by atoms with E-state index in [-0.39, 0.29) is 23.6 Å². The van der Waals surface area contributed by atoms with Crippen molar-refractivity contribution in [3.63, 3.8) is 0 Å². The molecule has 0 bridgehead atoms. The highest BCUT2D eigenvalue weighted by Gasteiger charge is 2.26. The number of rotatable bonds is 10. The number of nitrogens with zero attached hydrogens (tertiary/aromatic N) is 1.